The van der Waals surface area contributed by atoms with Gasteiger partial charge in [0.15, 0.2) is 0 Å². The minimum absolute atomic E-state index is 0. The van der Waals surface area contributed by atoms with Crippen molar-refractivity contribution in [1.82, 2.24) is 4.31 Å². The van der Waals surface area contributed by atoms with Gasteiger partial charge in [-0.3, -0.25) is 0 Å². The van der Waals surface area contributed by atoms with Gasteiger partial charge in [0.2, 0.25) is 10.0 Å². The van der Waals surface area contributed by atoms with E-state index in [1.54, 1.807) is 14.0 Å². The molecule has 0 aromatic heterocycles. The number of nitrogens with zero attached hydrogens (tertiary/aromatic N) is 1. The smallest absolute Gasteiger partial charge is 0.243 e. The summed E-state index contributed by atoms with van der Waals surface area (Å²) in [5, 5.41) is 0. The molecule has 22 heavy (non-hydrogen) atoms. The number of aryl methyl sites for hydroxylation is 1. The summed E-state index contributed by atoms with van der Waals surface area (Å²) in [6.07, 6.45) is 1.18. The molecule has 1 aliphatic rings. The molecule has 1 fully saturated rings. The monoisotopic (exact) mass is 352 g/mol. The first-order chi connectivity index (χ1) is 9.90. The number of hydrogen-bond acceptors (Lipinski definition) is 4. The zero-order valence-corrected chi connectivity index (χ0v) is 14.3. The van der Waals surface area contributed by atoms with Gasteiger partial charge in [0.25, 0.3) is 0 Å². The van der Waals surface area contributed by atoms with E-state index >= 15 is 0 Å². The largest absolute Gasteiger partial charge is 0.381 e. The molecule has 0 bridgehead atoms. The lowest BCUT2D eigenvalue weighted by Crippen LogP contribution is -2.51. The Balaban J connectivity index is 0.00000242. The maximum absolute atomic E-state index is 13.6. The third-order valence-electron chi connectivity index (χ3n) is 3.97. The molecule has 1 aromatic carbocycles. The summed E-state index contributed by atoms with van der Waals surface area (Å²) >= 11 is 0. The summed E-state index contributed by atoms with van der Waals surface area (Å²) in [7, 11) is -2.13. The summed E-state index contributed by atoms with van der Waals surface area (Å²) in [6, 6.07) is 3.66. The van der Waals surface area contributed by atoms with Crippen LogP contribution in [0.5, 0.6) is 0 Å². The van der Waals surface area contributed by atoms with Gasteiger partial charge in [-0.2, -0.15) is 4.31 Å². The molecule has 0 spiro atoms. The number of benzene rings is 1. The van der Waals surface area contributed by atoms with Crippen LogP contribution < -0.4 is 5.73 Å². The molecule has 0 radical (unpaired) electrons. The number of methoxy groups -OCH3 is 1. The van der Waals surface area contributed by atoms with Gasteiger partial charge in [-0.1, -0.05) is 6.07 Å². The minimum atomic E-state index is -3.74. The van der Waals surface area contributed by atoms with Crippen LogP contribution in [-0.4, -0.2) is 45.1 Å². The molecule has 1 saturated heterocycles. The molecule has 2 N–H and O–H groups in total. The number of sulfonamides is 1. The van der Waals surface area contributed by atoms with E-state index < -0.39 is 15.8 Å². The van der Waals surface area contributed by atoms with Crippen molar-refractivity contribution >= 4 is 22.4 Å². The van der Waals surface area contributed by atoms with Crippen LogP contribution in [0.3, 0.4) is 0 Å². The van der Waals surface area contributed by atoms with Gasteiger partial charge < -0.3 is 10.5 Å². The summed E-state index contributed by atoms with van der Waals surface area (Å²) in [5.41, 5.74) is 6.12. The minimum Gasteiger partial charge on any atom is -0.381 e. The topological polar surface area (TPSA) is 72.6 Å². The Morgan fingerprint density at radius 1 is 1.45 bits per heavy atom. The van der Waals surface area contributed by atoms with E-state index in [-0.39, 0.29) is 36.0 Å². The van der Waals surface area contributed by atoms with Crippen molar-refractivity contribution in [3.8, 4) is 0 Å². The van der Waals surface area contributed by atoms with Gasteiger partial charge in [0, 0.05) is 26.2 Å². The second-order valence-corrected chi connectivity index (χ2v) is 7.19. The van der Waals surface area contributed by atoms with E-state index in [0.717, 1.165) is 6.07 Å². The van der Waals surface area contributed by atoms with Crippen molar-refractivity contribution in [3.05, 3.63) is 29.6 Å². The maximum Gasteiger partial charge on any atom is 0.243 e. The average Bonchev–Trinajstić information content (AvgIpc) is 2.49. The van der Waals surface area contributed by atoms with Crippen LogP contribution in [0.2, 0.25) is 0 Å². The third-order valence-corrected chi connectivity index (χ3v) is 5.92. The van der Waals surface area contributed by atoms with Crippen molar-refractivity contribution in [2.75, 3.05) is 20.2 Å². The lowest BCUT2D eigenvalue weighted by atomic mass is 10.0. The fourth-order valence-corrected chi connectivity index (χ4v) is 4.28. The predicted octanol–water partition coefficient (Wildman–Crippen LogP) is 1.68. The van der Waals surface area contributed by atoms with Crippen LogP contribution in [0.15, 0.2) is 23.1 Å². The Morgan fingerprint density at radius 2 is 2.14 bits per heavy atom. The second-order valence-electron chi connectivity index (χ2n) is 5.30. The van der Waals surface area contributed by atoms with Crippen LogP contribution in [-0.2, 0) is 14.8 Å². The van der Waals surface area contributed by atoms with Gasteiger partial charge in [0.05, 0.1) is 11.0 Å². The Morgan fingerprint density at radius 3 is 2.68 bits per heavy atom. The molecule has 2 rings (SSSR count). The molecule has 1 aromatic rings. The molecule has 2 atom stereocenters. The molecular formula is C14H22ClFN2O3S. The molecular weight excluding hydrogens is 331 g/mol. The van der Waals surface area contributed by atoms with Crippen LogP contribution in [0.4, 0.5) is 4.39 Å². The van der Waals surface area contributed by atoms with E-state index in [4.69, 9.17) is 10.5 Å². The van der Waals surface area contributed by atoms with E-state index in [9.17, 15) is 12.8 Å². The highest BCUT2D eigenvalue weighted by Crippen LogP contribution is 2.27. The van der Waals surface area contributed by atoms with Crippen LogP contribution in [0.1, 0.15) is 18.4 Å². The SMILES string of the molecule is COC1CCN(S(=O)(=O)c2ccc(C)c(F)c2)C(CN)C1.Cl. The molecule has 126 valence electrons. The second kappa shape index (κ2) is 7.70. The number of piperidine rings is 1. The van der Waals surface area contributed by atoms with Gasteiger partial charge in [-0.15, -0.1) is 12.4 Å². The van der Waals surface area contributed by atoms with Crippen molar-refractivity contribution < 1.29 is 17.5 Å². The first-order valence-electron chi connectivity index (χ1n) is 6.91. The highest BCUT2D eigenvalue weighted by molar-refractivity contribution is 7.89. The molecule has 2 unspecified atom stereocenters. The lowest BCUT2D eigenvalue weighted by molar-refractivity contribution is 0.0401. The van der Waals surface area contributed by atoms with E-state index in [1.807, 2.05) is 0 Å². The Labute approximate surface area is 137 Å². The number of hydrogen-bond donors (Lipinski definition) is 1. The first kappa shape index (κ1) is 19.3. The Bertz CT molecular complexity index is 612. The molecule has 0 aliphatic carbocycles. The van der Waals surface area contributed by atoms with Crippen molar-refractivity contribution in [3.63, 3.8) is 0 Å². The number of nitrogens with two attached hydrogens (primary N) is 1. The van der Waals surface area contributed by atoms with Gasteiger partial charge in [-0.25, -0.2) is 12.8 Å². The normalized spacial score (nSPS) is 23.1. The lowest BCUT2D eigenvalue weighted by Gasteiger charge is -2.37. The molecule has 8 heteroatoms. The molecule has 5 nitrogen and oxygen atoms in total. The van der Waals surface area contributed by atoms with Crippen LogP contribution in [0, 0.1) is 12.7 Å². The number of rotatable bonds is 4. The number of halogens is 2. The van der Waals surface area contributed by atoms with Gasteiger partial charge in [0.1, 0.15) is 5.82 Å². The highest BCUT2D eigenvalue weighted by Gasteiger charge is 2.36. The molecule has 0 amide bonds. The summed E-state index contributed by atoms with van der Waals surface area (Å²) in [5.74, 6) is -0.521. The molecule has 1 aliphatic heterocycles. The quantitative estimate of drug-likeness (QED) is 0.894. The maximum atomic E-state index is 13.6. The zero-order valence-electron chi connectivity index (χ0n) is 12.7. The van der Waals surface area contributed by atoms with Crippen LogP contribution >= 0.6 is 12.4 Å². The first-order valence-corrected chi connectivity index (χ1v) is 8.35. The average molecular weight is 353 g/mol. The van der Waals surface area contributed by atoms with Crippen molar-refractivity contribution in [1.29, 1.82) is 0 Å². The summed E-state index contributed by atoms with van der Waals surface area (Å²) in [6.45, 7) is 2.14. The fraction of sp³-hybridized carbons (Fsp3) is 0.571. The van der Waals surface area contributed by atoms with Gasteiger partial charge in [-0.05, 0) is 37.5 Å². The van der Waals surface area contributed by atoms with Crippen molar-refractivity contribution in [2.45, 2.75) is 36.8 Å². The predicted molar refractivity (Wildman–Crippen MR) is 85.2 cm³/mol. The van der Waals surface area contributed by atoms with Crippen molar-refractivity contribution in [2.24, 2.45) is 5.73 Å². The van der Waals surface area contributed by atoms with E-state index in [1.165, 1.54) is 16.4 Å². The fourth-order valence-electron chi connectivity index (χ4n) is 2.61. The highest BCUT2D eigenvalue weighted by atomic mass is 35.5. The van der Waals surface area contributed by atoms with Gasteiger partial charge >= 0.3 is 0 Å². The Hall–Kier alpha value is -0.730. The summed E-state index contributed by atoms with van der Waals surface area (Å²) < 4.78 is 45.7. The summed E-state index contributed by atoms with van der Waals surface area (Å²) in [4.78, 5) is -0.0279. The van der Waals surface area contributed by atoms with E-state index in [2.05, 4.69) is 0 Å². The zero-order chi connectivity index (χ0) is 15.6. The Kier molecular flexibility index (Phi) is 6.76. The molecule has 1 heterocycles. The van der Waals surface area contributed by atoms with E-state index in [0.29, 0.717) is 24.9 Å². The van der Waals surface area contributed by atoms with Crippen LogP contribution in [0.25, 0.3) is 0 Å². The number of ether oxygens (including phenoxy) is 1. The standard InChI is InChI=1S/C14H21FN2O3S.ClH/c1-10-3-4-13(8-14(10)15)21(18,19)17-6-5-12(20-2)7-11(17)9-16;/h3-4,8,11-12H,5-7,9,16H2,1-2H3;1H. The third kappa shape index (κ3) is 3.78. The molecule has 0 saturated carbocycles.